The lowest BCUT2D eigenvalue weighted by Gasteiger charge is -2.20. The number of aromatic hydroxyl groups is 1. The van der Waals surface area contributed by atoms with Crippen LogP contribution in [0.15, 0.2) is 44.6 Å². The molecule has 4 rings (SSSR count). The Morgan fingerprint density at radius 2 is 1.97 bits per heavy atom. The van der Waals surface area contributed by atoms with Crippen LogP contribution in [-0.2, 0) is 23.6 Å². The molecule has 152 valence electrons. The van der Waals surface area contributed by atoms with Crippen molar-refractivity contribution in [2.45, 2.75) is 31.7 Å². The van der Waals surface area contributed by atoms with Gasteiger partial charge in [-0.25, -0.2) is 0 Å². The van der Waals surface area contributed by atoms with Crippen LogP contribution < -0.4 is 10.9 Å². The molecule has 0 unspecified atom stereocenters. The first-order chi connectivity index (χ1) is 13.7. The minimum Gasteiger partial charge on any atom is -0.506 e. The molecular weight excluding hydrogens is 394 g/mol. The standard InChI is InChI=1S/C19H21N5O4S/c1-11(2)8-9-24-18-12(10-20-23(18)3)16(25)15(19(24)26)17-21-13-6-4-5-7-14(13)29(27,28)22-17/h4-7,10-11,25H,8-9H2,1-3H3,(H,21,22). The quantitative estimate of drug-likeness (QED) is 0.673. The summed E-state index contributed by atoms with van der Waals surface area (Å²) in [4.78, 5) is 13.4. The van der Waals surface area contributed by atoms with Crippen LogP contribution in [0.4, 0.5) is 5.69 Å². The molecule has 0 saturated carbocycles. The monoisotopic (exact) mass is 415 g/mol. The molecule has 29 heavy (non-hydrogen) atoms. The molecule has 2 N–H and O–H groups in total. The second-order valence-electron chi connectivity index (χ2n) is 7.40. The lowest BCUT2D eigenvalue weighted by atomic mass is 10.1. The summed E-state index contributed by atoms with van der Waals surface area (Å²) in [6.45, 7) is 4.49. The van der Waals surface area contributed by atoms with E-state index in [2.05, 4.69) is 14.8 Å². The Kier molecular flexibility index (Phi) is 4.45. The van der Waals surface area contributed by atoms with Crippen molar-refractivity contribution < 1.29 is 13.5 Å². The number of benzene rings is 1. The fourth-order valence-electron chi connectivity index (χ4n) is 3.42. The van der Waals surface area contributed by atoms with E-state index in [1.54, 1.807) is 25.2 Å². The fraction of sp³-hybridized carbons (Fsp3) is 0.316. The van der Waals surface area contributed by atoms with Gasteiger partial charge in [-0.2, -0.15) is 13.5 Å². The number of nitrogens with one attached hydrogen (secondary N) is 1. The topological polar surface area (TPSA) is 119 Å². The molecular formula is C19H21N5O4S. The molecule has 0 fully saturated rings. The van der Waals surface area contributed by atoms with Crippen LogP contribution in [0.1, 0.15) is 25.8 Å². The third-order valence-electron chi connectivity index (χ3n) is 4.91. The summed E-state index contributed by atoms with van der Waals surface area (Å²) in [5.74, 6) is -0.199. The van der Waals surface area contributed by atoms with Crippen molar-refractivity contribution in [3.05, 3.63) is 46.4 Å². The third kappa shape index (κ3) is 3.09. The van der Waals surface area contributed by atoms with Crippen LogP contribution in [-0.4, -0.2) is 33.7 Å². The predicted octanol–water partition coefficient (Wildman–Crippen LogP) is 2.05. The maximum Gasteiger partial charge on any atom is 0.286 e. The van der Waals surface area contributed by atoms with Gasteiger partial charge in [-0.05, 0) is 24.5 Å². The highest BCUT2D eigenvalue weighted by molar-refractivity contribution is 7.90. The van der Waals surface area contributed by atoms with Gasteiger partial charge in [0.25, 0.3) is 15.6 Å². The van der Waals surface area contributed by atoms with Crippen molar-refractivity contribution in [2.75, 3.05) is 5.32 Å². The molecule has 0 bridgehead atoms. The first kappa shape index (κ1) is 19.2. The number of hydrogen-bond acceptors (Lipinski definition) is 6. The Morgan fingerprint density at radius 1 is 1.24 bits per heavy atom. The Labute approximate surface area is 167 Å². The van der Waals surface area contributed by atoms with Crippen molar-refractivity contribution in [3.63, 3.8) is 0 Å². The molecule has 1 aromatic carbocycles. The van der Waals surface area contributed by atoms with Crippen molar-refractivity contribution in [2.24, 2.45) is 17.4 Å². The first-order valence-electron chi connectivity index (χ1n) is 9.19. The lowest BCUT2D eigenvalue weighted by Crippen LogP contribution is -2.33. The van der Waals surface area contributed by atoms with Gasteiger partial charge < -0.3 is 10.4 Å². The minimum atomic E-state index is -4.01. The van der Waals surface area contributed by atoms with E-state index in [4.69, 9.17) is 0 Å². The maximum atomic E-state index is 13.3. The second-order valence-corrected chi connectivity index (χ2v) is 8.98. The van der Waals surface area contributed by atoms with Crippen molar-refractivity contribution in [1.29, 1.82) is 0 Å². The maximum absolute atomic E-state index is 13.3. The zero-order valence-corrected chi connectivity index (χ0v) is 17.1. The van der Waals surface area contributed by atoms with Crippen LogP contribution in [0.3, 0.4) is 0 Å². The molecule has 3 aromatic rings. The molecule has 1 aliphatic heterocycles. The summed E-state index contributed by atoms with van der Waals surface area (Å²) in [6.07, 6.45) is 2.18. The summed E-state index contributed by atoms with van der Waals surface area (Å²) >= 11 is 0. The molecule has 10 heteroatoms. The van der Waals surface area contributed by atoms with E-state index in [0.717, 1.165) is 6.42 Å². The van der Waals surface area contributed by atoms with Crippen LogP contribution in [0, 0.1) is 5.92 Å². The number of hydrogen-bond donors (Lipinski definition) is 2. The molecule has 0 amide bonds. The largest absolute Gasteiger partial charge is 0.506 e. The number of pyridine rings is 1. The zero-order valence-electron chi connectivity index (χ0n) is 16.2. The zero-order chi connectivity index (χ0) is 20.9. The summed E-state index contributed by atoms with van der Waals surface area (Å²) < 4.78 is 32.0. The third-order valence-corrected chi connectivity index (χ3v) is 6.25. The van der Waals surface area contributed by atoms with Crippen LogP contribution in [0.25, 0.3) is 11.0 Å². The Morgan fingerprint density at radius 3 is 2.69 bits per heavy atom. The molecule has 0 saturated heterocycles. The molecule has 3 heterocycles. The Hall–Kier alpha value is -3.14. The van der Waals surface area contributed by atoms with Crippen molar-refractivity contribution in [3.8, 4) is 5.75 Å². The normalized spacial score (nSPS) is 15.2. The molecule has 0 aliphatic carbocycles. The van der Waals surface area contributed by atoms with Gasteiger partial charge in [0.1, 0.15) is 21.9 Å². The molecule has 2 aromatic heterocycles. The van der Waals surface area contributed by atoms with Crippen LogP contribution >= 0.6 is 0 Å². The van der Waals surface area contributed by atoms with E-state index < -0.39 is 15.6 Å². The summed E-state index contributed by atoms with van der Waals surface area (Å²) in [5.41, 5.74) is 0.0558. The lowest BCUT2D eigenvalue weighted by molar-refractivity contribution is 0.473. The molecule has 0 spiro atoms. The van der Waals surface area contributed by atoms with Crippen molar-refractivity contribution >= 4 is 32.6 Å². The van der Waals surface area contributed by atoms with Crippen molar-refractivity contribution in [1.82, 2.24) is 14.3 Å². The molecule has 0 radical (unpaired) electrons. The van der Waals surface area contributed by atoms with E-state index in [1.807, 2.05) is 13.8 Å². The van der Waals surface area contributed by atoms with Gasteiger partial charge in [0, 0.05) is 13.6 Å². The van der Waals surface area contributed by atoms with E-state index in [9.17, 15) is 18.3 Å². The van der Waals surface area contributed by atoms with Gasteiger partial charge >= 0.3 is 0 Å². The summed E-state index contributed by atoms with van der Waals surface area (Å²) in [6, 6.07) is 6.29. The molecule has 1 aliphatic rings. The highest BCUT2D eigenvalue weighted by Crippen LogP contribution is 2.32. The second kappa shape index (κ2) is 6.73. The van der Waals surface area contributed by atoms with E-state index in [0.29, 0.717) is 29.2 Å². The molecule has 9 nitrogen and oxygen atoms in total. The highest BCUT2D eigenvalue weighted by atomic mass is 32.2. The van der Waals surface area contributed by atoms with Gasteiger partial charge in [-0.1, -0.05) is 26.0 Å². The Balaban J connectivity index is 1.98. The van der Waals surface area contributed by atoms with E-state index >= 15 is 0 Å². The number of fused-ring (bicyclic) bond motifs is 2. The number of nitrogens with zero attached hydrogens (tertiary/aromatic N) is 4. The van der Waals surface area contributed by atoms with Gasteiger partial charge in [-0.3, -0.25) is 14.0 Å². The van der Waals surface area contributed by atoms with Gasteiger partial charge in [0.15, 0.2) is 5.84 Å². The fourth-order valence-corrected chi connectivity index (χ4v) is 4.54. The van der Waals surface area contributed by atoms with Crippen LogP contribution in [0.2, 0.25) is 0 Å². The first-order valence-corrected chi connectivity index (χ1v) is 10.6. The molecule has 0 atom stereocenters. The SMILES string of the molecule is CC(C)CCn1c(=O)c(C2=NS(=O)(=O)c3ccccc3N2)c(O)c2cnn(C)c21. The number of rotatable bonds is 4. The van der Waals surface area contributed by atoms with Crippen LogP contribution in [0.5, 0.6) is 5.75 Å². The average molecular weight is 415 g/mol. The Bertz CT molecular complexity index is 1320. The van der Waals surface area contributed by atoms with E-state index in [-0.39, 0.29) is 22.0 Å². The number of aromatic nitrogens is 3. The van der Waals surface area contributed by atoms with E-state index in [1.165, 1.54) is 21.5 Å². The highest BCUT2D eigenvalue weighted by Gasteiger charge is 2.30. The summed E-state index contributed by atoms with van der Waals surface area (Å²) in [5, 5.41) is 18.2. The smallest absolute Gasteiger partial charge is 0.286 e. The van der Waals surface area contributed by atoms with Gasteiger partial charge in [0.05, 0.1) is 17.3 Å². The summed E-state index contributed by atoms with van der Waals surface area (Å²) in [7, 11) is -2.33. The average Bonchev–Trinajstić information content (AvgIpc) is 3.03. The number of amidine groups is 1. The predicted molar refractivity (Wildman–Crippen MR) is 110 cm³/mol. The number of anilines is 1. The number of aryl methyl sites for hydroxylation is 2. The number of para-hydroxylation sites is 1. The van der Waals surface area contributed by atoms with Gasteiger partial charge in [0.2, 0.25) is 0 Å². The van der Waals surface area contributed by atoms with Gasteiger partial charge in [-0.15, -0.1) is 4.40 Å². The minimum absolute atomic E-state index is 0.0193. The number of sulfonamides is 1.